The number of hydrogen-bond acceptors (Lipinski definition) is 5. The maximum absolute atomic E-state index is 12.7. The molecular formula is C23H31N3O3. The molecule has 156 valence electrons. The molecule has 29 heavy (non-hydrogen) atoms. The van der Waals surface area contributed by atoms with Gasteiger partial charge in [-0.2, -0.15) is 5.06 Å². The molecular weight excluding hydrogens is 366 g/mol. The first-order chi connectivity index (χ1) is 14.0. The summed E-state index contributed by atoms with van der Waals surface area (Å²) in [5.41, 5.74) is 3.32. The fraction of sp³-hybridized carbons (Fsp3) is 0.435. The van der Waals surface area contributed by atoms with Gasteiger partial charge < -0.3 is 15.3 Å². The van der Waals surface area contributed by atoms with Crippen LogP contribution in [0, 0.1) is 0 Å². The van der Waals surface area contributed by atoms with Gasteiger partial charge in [0.05, 0.1) is 13.7 Å². The Bertz CT molecular complexity index is 838. The average Bonchev–Trinajstić information content (AvgIpc) is 3.19. The summed E-state index contributed by atoms with van der Waals surface area (Å²) >= 11 is 0. The lowest BCUT2D eigenvalue weighted by Crippen LogP contribution is -2.40. The van der Waals surface area contributed by atoms with Crippen molar-refractivity contribution in [3.8, 4) is 16.9 Å². The number of carbonyl (C=O) groups is 1. The number of rotatable bonds is 8. The number of carbonyl (C=O) groups excluding carboxylic acids is 1. The highest BCUT2D eigenvalue weighted by atomic mass is 16.5. The Morgan fingerprint density at radius 1 is 1.31 bits per heavy atom. The maximum Gasteiger partial charge on any atom is 0.251 e. The number of nitrogens with one attached hydrogen (secondary N) is 1. The lowest BCUT2D eigenvalue weighted by Gasteiger charge is -2.23. The fourth-order valence-electron chi connectivity index (χ4n) is 4.11. The zero-order valence-electron chi connectivity index (χ0n) is 17.5. The minimum Gasteiger partial charge on any atom is -0.496 e. The second kappa shape index (κ2) is 9.87. The summed E-state index contributed by atoms with van der Waals surface area (Å²) in [6, 6.07) is 13.8. The van der Waals surface area contributed by atoms with Gasteiger partial charge in [0.25, 0.3) is 5.91 Å². The second-order valence-corrected chi connectivity index (χ2v) is 7.53. The van der Waals surface area contributed by atoms with Crippen molar-refractivity contribution in [1.82, 2.24) is 15.3 Å². The number of hydrogen-bond donors (Lipinski definition) is 2. The number of hydroxylamine groups is 2. The third-order valence-electron chi connectivity index (χ3n) is 5.54. The van der Waals surface area contributed by atoms with E-state index in [1.807, 2.05) is 42.5 Å². The van der Waals surface area contributed by atoms with Crippen molar-refractivity contribution in [2.24, 2.45) is 0 Å². The van der Waals surface area contributed by atoms with Gasteiger partial charge in [-0.1, -0.05) is 37.3 Å². The number of methoxy groups -OCH3 is 1. The van der Waals surface area contributed by atoms with Crippen molar-refractivity contribution in [3.63, 3.8) is 0 Å². The minimum absolute atomic E-state index is 0.0555. The van der Waals surface area contributed by atoms with Crippen molar-refractivity contribution in [2.75, 3.05) is 33.8 Å². The summed E-state index contributed by atoms with van der Waals surface area (Å²) in [6.07, 6.45) is 2.33. The Kier molecular flexibility index (Phi) is 7.25. The predicted molar refractivity (Wildman–Crippen MR) is 114 cm³/mol. The zero-order chi connectivity index (χ0) is 20.8. The molecule has 1 atom stereocenters. The first-order valence-electron chi connectivity index (χ1n) is 10.2. The number of likely N-dealkylation sites (tertiary alicyclic amines) is 1. The van der Waals surface area contributed by atoms with E-state index in [1.54, 1.807) is 14.2 Å². The Morgan fingerprint density at radius 2 is 2.10 bits per heavy atom. The van der Waals surface area contributed by atoms with Gasteiger partial charge in [0.15, 0.2) is 0 Å². The smallest absolute Gasteiger partial charge is 0.251 e. The third-order valence-corrected chi connectivity index (χ3v) is 5.54. The molecule has 0 radical (unpaired) electrons. The number of amides is 1. The van der Waals surface area contributed by atoms with Crippen molar-refractivity contribution in [3.05, 3.63) is 53.6 Å². The van der Waals surface area contributed by atoms with E-state index in [0.29, 0.717) is 30.4 Å². The molecule has 1 fully saturated rings. The molecule has 2 aromatic rings. The van der Waals surface area contributed by atoms with Crippen LogP contribution in [0.5, 0.6) is 5.75 Å². The molecule has 1 aliphatic rings. The van der Waals surface area contributed by atoms with Gasteiger partial charge in [-0.15, -0.1) is 0 Å². The van der Waals surface area contributed by atoms with Crippen LogP contribution in [0.2, 0.25) is 0 Å². The molecule has 0 aromatic heterocycles. The van der Waals surface area contributed by atoms with Crippen molar-refractivity contribution in [2.45, 2.75) is 32.4 Å². The van der Waals surface area contributed by atoms with Crippen LogP contribution in [0.1, 0.15) is 35.7 Å². The molecule has 1 amide bonds. The molecule has 0 unspecified atom stereocenters. The SMILES string of the molecule is CCN1CCC[C@H]1CNC(=O)c1cccc(-c2cccc(CN(C)O)c2OC)c1. The normalized spacial score (nSPS) is 16.9. The van der Waals surface area contributed by atoms with Crippen LogP contribution in [-0.2, 0) is 6.54 Å². The summed E-state index contributed by atoms with van der Waals surface area (Å²) in [6.45, 7) is 5.34. The van der Waals surface area contributed by atoms with Crippen molar-refractivity contribution >= 4 is 5.91 Å². The van der Waals surface area contributed by atoms with E-state index in [2.05, 4.69) is 17.1 Å². The van der Waals surface area contributed by atoms with Gasteiger partial charge in [-0.05, 0) is 43.6 Å². The monoisotopic (exact) mass is 397 g/mol. The average molecular weight is 398 g/mol. The van der Waals surface area contributed by atoms with Gasteiger partial charge in [0, 0.05) is 36.3 Å². The van der Waals surface area contributed by atoms with Crippen molar-refractivity contribution in [1.29, 1.82) is 0 Å². The largest absolute Gasteiger partial charge is 0.496 e. The Hall–Kier alpha value is -2.41. The zero-order valence-corrected chi connectivity index (χ0v) is 17.5. The summed E-state index contributed by atoms with van der Waals surface area (Å²) in [5.74, 6) is 0.649. The molecule has 1 heterocycles. The maximum atomic E-state index is 12.7. The van der Waals surface area contributed by atoms with Gasteiger partial charge in [-0.25, -0.2) is 0 Å². The lowest BCUT2D eigenvalue weighted by molar-refractivity contribution is -0.0735. The van der Waals surface area contributed by atoms with Crippen LogP contribution in [0.25, 0.3) is 11.1 Å². The molecule has 6 heteroatoms. The van der Waals surface area contributed by atoms with Crippen molar-refractivity contribution < 1.29 is 14.7 Å². The third kappa shape index (κ3) is 5.15. The topological polar surface area (TPSA) is 65.0 Å². The van der Waals surface area contributed by atoms with E-state index >= 15 is 0 Å². The summed E-state index contributed by atoms with van der Waals surface area (Å²) in [4.78, 5) is 15.2. The summed E-state index contributed by atoms with van der Waals surface area (Å²) in [5, 5.41) is 13.8. The molecule has 0 saturated carbocycles. The van der Waals surface area contributed by atoms with Gasteiger partial charge in [-0.3, -0.25) is 9.69 Å². The van der Waals surface area contributed by atoms with Gasteiger partial charge in [0.1, 0.15) is 5.75 Å². The second-order valence-electron chi connectivity index (χ2n) is 7.53. The molecule has 1 saturated heterocycles. The van der Waals surface area contributed by atoms with E-state index in [1.165, 1.54) is 6.42 Å². The summed E-state index contributed by atoms with van der Waals surface area (Å²) < 4.78 is 5.63. The van der Waals surface area contributed by atoms with E-state index in [0.717, 1.165) is 41.3 Å². The molecule has 3 rings (SSSR count). The molecule has 2 N–H and O–H groups in total. The first-order valence-corrected chi connectivity index (χ1v) is 10.2. The summed E-state index contributed by atoms with van der Waals surface area (Å²) in [7, 11) is 3.22. The number of para-hydroxylation sites is 1. The van der Waals surface area contributed by atoms with Crippen LogP contribution in [0.15, 0.2) is 42.5 Å². The fourth-order valence-corrected chi connectivity index (χ4v) is 4.11. The first kappa shape index (κ1) is 21.3. The molecule has 1 aliphatic heterocycles. The molecule has 0 bridgehead atoms. The highest BCUT2D eigenvalue weighted by Gasteiger charge is 2.23. The number of likely N-dealkylation sites (N-methyl/N-ethyl adjacent to an activating group) is 1. The van der Waals surface area contributed by atoms with Crippen LogP contribution < -0.4 is 10.1 Å². The van der Waals surface area contributed by atoms with E-state index < -0.39 is 0 Å². The quantitative estimate of drug-likeness (QED) is 0.669. The van der Waals surface area contributed by atoms with E-state index in [4.69, 9.17) is 4.74 Å². The Morgan fingerprint density at radius 3 is 2.83 bits per heavy atom. The lowest BCUT2D eigenvalue weighted by atomic mass is 9.99. The van der Waals surface area contributed by atoms with Crippen LogP contribution in [-0.4, -0.2) is 60.9 Å². The Balaban J connectivity index is 1.78. The van der Waals surface area contributed by atoms with E-state index in [9.17, 15) is 10.0 Å². The Labute approximate surface area is 173 Å². The van der Waals surface area contributed by atoms with Gasteiger partial charge >= 0.3 is 0 Å². The molecule has 0 spiro atoms. The molecule has 0 aliphatic carbocycles. The highest BCUT2D eigenvalue weighted by Crippen LogP contribution is 2.34. The predicted octanol–water partition coefficient (Wildman–Crippen LogP) is 3.40. The minimum atomic E-state index is -0.0555. The van der Waals surface area contributed by atoms with Crippen LogP contribution in [0.3, 0.4) is 0 Å². The standard InChI is InChI=1S/C23H31N3O3/c1-4-26-13-7-11-20(26)15-24-23(27)18-9-5-8-17(14-18)21-12-6-10-19(16-25(2)28)22(21)29-3/h5-6,8-10,12,14,20,28H,4,7,11,13,15-16H2,1-3H3,(H,24,27)/t20-/m0/s1. The van der Waals surface area contributed by atoms with Crippen LogP contribution >= 0.6 is 0 Å². The number of ether oxygens (including phenoxy) is 1. The van der Waals surface area contributed by atoms with E-state index in [-0.39, 0.29) is 5.91 Å². The van der Waals surface area contributed by atoms with Crippen LogP contribution in [0.4, 0.5) is 0 Å². The number of nitrogens with zero attached hydrogens (tertiary/aromatic N) is 2. The molecule has 6 nitrogen and oxygen atoms in total. The highest BCUT2D eigenvalue weighted by molar-refractivity contribution is 5.95. The molecule has 2 aromatic carbocycles. The van der Waals surface area contributed by atoms with Gasteiger partial charge in [0.2, 0.25) is 0 Å². The number of benzene rings is 2.